The minimum absolute atomic E-state index is 0. The number of rotatable bonds is 8. The number of benzene rings is 12. The van der Waals surface area contributed by atoms with Crippen LogP contribution in [0.2, 0.25) is 0 Å². The van der Waals surface area contributed by atoms with E-state index in [0.29, 0.717) is 0 Å². The van der Waals surface area contributed by atoms with E-state index in [4.69, 9.17) is 0 Å². The van der Waals surface area contributed by atoms with Crippen molar-refractivity contribution in [1.82, 2.24) is 9.13 Å². The van der Waals surface area contributed by atoms with Crippen LogP contribution in [0.25, 0.3) is 142 Å². The maximum Gasteiger partial charge on any atom is 2.00 e. The number of nitrogens with zero attached hydrogens (tertiary/aromatic N) is 2. The first-order chi connectivity index (χ1) is 37.2. The predicted octanol–water partition coefficient (Wildman–Crippen LogP) is 19.9. The Morgan fingerprint density at radius 2 is 0.711 bits per heavy atom. The molecule has 0 aliphatic heterocycles. The number of aromatic nitrogens is 2. The second-order valence-electron chi connectivity index (χ2n) is 19.4. The molecule has 3 heterocycles. The maximum absolute atomic E-state index is 3.64. The SMILES string of the molecule is [U+2].[c-]1ccccc1-c1[c-]c(-c2ccc(-c3ccc4c(c3)c3cc(-c5ccc6c(c5)c5ccccc5n6-c5ccccc5)ccc3n4-c3ccc(-c4cccc5c4sc4c(-c6ccccc6)cccc45)cc3)cc2)ccc1. The standard InChI is InChI=1S/C72H44N2S.U/c1-4-15-47(16-5-1)52-19-12-20-53(43-52)48-29-31-49(32-30-48)54-35-40-69-65(44-54)66-46-56(55-36-41-68-64(45-55)61-23-10-11-28-67(61)73(68)57-21-8-3-9-22-57)37-42-70(66)74(69)58-38-33-51(34-39-58)60-25-14-27-63-62-26-13-24-59(71(62)75-72(60)63)50-17-6-2-7-18-50;/h1-15,17-42,44-46H;/q-2;+2. The molecule has 0 saturated carbocycles. The van der Waals surface area contributed by atoms with Crippen molar-refractivity contribution in [3.05, 3.63) is 279 Å². The van der Waals surface area contributed by atoms with E-state index in [0.717, 1.165) is 33.6 Å². The summed E-state index contributed by atoms with van der Waals surface area (Å²) in [6.07, 6.45) is 0. The summed E-state index contributed by atoms with van der Waals surface area (Å²) in [5.41, 5.74) is 21.0. The van der Waals surface area contributed by atoms with Crippen molar-refractivity contribution in [1.29, 1.82) is 0 Å². The van der Waals surface area contributed by atoms with Gasteiger partial charge < -0.3 is 9.13 Å². The zero-order valence-electron chi connectivity index (χ0n) is 41.2. The van der Waals surface area contributed by atoms with Gasteiger partial charge in [0.05, 0.1) is 22.1 Å². The molecule has 0 radical (unpaired) electrons. The van der Waals surface area contributed by atoms with Gasteiger partial charge in [-0.25, -0.2) is 5.56 Å². The fourth-order valence-corrected chi connectivity index (χ4v) is 12.9. The molecule has 4 heteroatoms. The molecule has 0 aliphatic carbocycles. The van der Waals surface area contributed by atoms with E-state index in [9.17, 15) is 0 Å². The molecular weight excluding hydrogens is 1160 g/mol. The molecule has 0 N–H and O–H groups in total. The molecule has 0 unspecified atom stereocenters. The average Bonchev–Trinajstić information content (AvgIpc) is 4.17. The molecule has 0 saturated heterocycles. The molecule has 0 atom stereocenters. The van der Waals surface area contributed by atoms with Crippen molar-refractivity contribution in [2.75, 3.05) is 0 Å². The van der Waals surface area contributed by atoms with Gasteiger partial charge in [-0.15, -0.1) is 35.1 Å². The number of para-hydroxylation sites is 2. The van der Waals surface area contributed by atoms with E-state index in [1.54, 1.807) is 0 Å². The molecule has 76 heavy (non-hydrogen) atoms. The Bertz CT molecular complexity index is 4660. The number of hydrogen-bond donors (Lipinski definition) is 0. The van der Waals surface area contributed by atoms with E-state index in [-0.39, 0.29) is 31.1 Å². The second kappa shape index (κ2) is 19.0. The van der Waals surface area contributed by atoms with E-state index in [1.165, 1.54) is 108 Å². The predicted molar refractivity (Wildman–Crippen MR) is 318 cm³/mol. The largest absolute Gasteiger partial charge is 2.00 e. The van der Waals surface area contributed by atoms with E-state index < -0.39 is 0 Å². The van der Waals surface area contributed by atoms with Gasteiger partial charge in [0.15, 0.2) is 0 Å². The zero-order valence-corrected chi connectivity index (χ0v) is 46.2. The molecule has 3 aromatic heterocycles. The van der Waals surface area contributed by atoms with Crippen LogP contribution in [0.5, 0.6) is 0 Å². The molecule has 2 nitrogen and oxygen atoms in total. The van der Waals surface area contributed by atoms with Crippen molar-refractivity contribution in [3.8, 4) is 78.1 Å². The van der Waals surface area contributed by atoms with Gasteiger partial charge in [-0.1, -0.05) is 163 Å². The van der Waals surface area contributed by atoms with Gasteiger partial charge in [-0.2, -0.15) is 42.0 Å². The second-order valence-corrected chi connectivity index (χ2v) is 20.5. The Morgan fingerprint density at radius 1 is 0.276 bits per heavy atom. The minimum atomic E-state index is 0. The first kappa shape index (κ1) is 46.1. The van der Waals surface area contributed by atoms with Crippen molar-refractivity contribution in [3.63, 3.8) is 0 Å². The van der Waals surface area contributed by atoms with Crippen molar-refractivity contribution in [2.45, 2.75) is 0 Å². The monoisotopic (exact) mass is 1210 g/mol. The third-order valence-electron chi connectivity index (χ3n) is 15.2. The summed E-state index contributed by atoms with van der Waals surface area (Å²) in [5, 5.41) is 7.52. The van der Waals surface area contributed by atoms with Crippen LogP contribution in [0.4, 0.5) is 0 Å². The van der Waals surface area contributed by atoms with Gasteiger partial charge in [0.25, 0.3) is 0 Å². The van der Waals surface area contributed by atoms with Crippen LogP contribution in [0.3, 0.4) is 0 Å². The van der Waals surface area contributed by atoms with Crippen LogP contribution in [0, 0.1) is 43.2 Å². The average molecular weight is 1210 g/mol. The van der Waals surface area contributed by atoms with Crippen LogP contribution in [0.15, 0.2) is 267 Å². The summed E-state index contributed by atoms with van der Waals surface area (Å²) in [6, 6.07) is 104. The van der Waals surface area contributed by atoms with E-state index in [2.05, 4.69) is 270 Å². The summed E-state index contributed by atoms with van der Waals surface area (Å²) in [5.74, 6) is 0. The fourth-order valence-electron chi connectivity index (χ4n) is 11.5. The summed E-state index contributed by atoms with van der Waals surface area (Å²) in [6.45, 7) is 0. The molecule has 0 amide bonds. The van der Waals surface area contributed by atoms with E-state index >= 15 is 0 Å². The summed E-state index contributed by atoms with van der Waals surface area (Å²) < 4.78 is 7.47. The Labute approximate surface area is 468 Å². The van der Waals surface area contributed by atoms with Crippen molar-refractivity contribution in [2.24, 2.45) is 0 Å². The van der Waals surface area contributed by atoms with Crippen LogP contribution >= 0.6 is 11.3 Å². The third-order valence-corrected chi connectivity index (χ3v) is 16.4. The molecule has 0 fully saturated rings. The first-order valence-corrected chi connectivity index (χ1v) is 26.4. The van der Waals surface area contributed by atoms with Gasteiger partial charge in [0, 0.05) is 53.1 Å². The summed E-state index contributed by atoms with van der Waals surface area (Å²) in [7, 11) is 0. The van der Waals surface area contributed by atoms with Crippen molar-refractivity contribution >= 4 is 75.1 Å². The Hall–Kier alpha value is -8.49. The Kier molecular flexibility index (Phi) is 11.5. The minimum Gasteiger partial charge on any atom is -0.309 e. The Balaban J connectivity index is 0.00000528. The van der Waals surface area contributed by atoms with Crippen LogP contribution < -0.4 is 0 Å². The van der Waals surface area contributed by atoms with E-state index in [1.807, 2.05) is 29.5 Å². The maximum atomic E-state index is 3.64. The van der Waals surface area contributed by atoms with Crippen LogP contribution in [-0.2, 0) is 0 Å². The summed E-state index contributed by atoms with van der Waals surface area (Å²) >= 11 is 1.90. The van der Waals surface area contributed by atoms with Crippen molar-refractivity contribution < 1.29 is 31.1 Å². The summed E-state index contributed by atoms with van der Waals surface area (Å²) in [4.78, 5) is 0. The zero-order chi connectivity index (χ0) is 49.4. The topological polar surface area (TPSA) is 9.86 Å². The first-order valence-electron chi connectivity index (χ1n) is 25.6. The Morgan fingerprint density at radius 3 is 1.33 bits per heavy atom. The number of thiophene rings is 1. The normalized spacial score (nSPS) is 11.6. The van der Waals surface area contributed by atoms with Crippen LogP contribution in [0.1, 0.15) is 0 Å². The quantitative estimate of drug-likeness (QED) is 0.134. The van der Waals surface area contributed by atoms with Gasteiger partial charge in [-0.3, -0.25) is 0 Å². The van der Waals surface area contributed by atoms with Gasteiger partial charge in [0.2, 0.25) is 0 Å². The molecule has 15 rings (SSSR count). The van der Waals surface area contributed by atoms with Crippen LogP contribution in [-0.4, -0.2) is 9.13 Å². The molecular formula is C72H44N2SU. The molecule has 352 valence electrons. The molecule has 15 aromatic rings. The van der Waals surface area contributed by atoms with Gasteiger partial charge in [-0.05, 0) is 111 Å². The molecule has 0 bridgehead atoms. The molecule has 0 aliphatic rings. The molecule has 0 spiro atoms. The fraction of sp³-hybridized carbons (Fsp3) is 0. The van der Waals surface area contributed by atoms with Gasteiger partial charge >= 0.3 is 31.1 Å². The smallest absolute Gasteiger partial charge is 0.309 e. The number of hydrogen-bond acceptors (Lipinski definition) is 1. The molecule has 12 aromatic carbocycles. The third kappa shape index (κ3) is 7.75. The van der Waals surface area contributed by atoms with Gasteiger partial charge in [0.1, 0.15) is 0 Å². The number of fused-ring (bicyclic) bond motifs is 9.